The van der Waals surface area contributed by atoms with Crippen molar-refractivity contribution in [3.63, 3.8) is 0 Å². The molecule has 5 rings (SSSR count). The summed E-state index contributed by atoms with van der Waals surface area (Å²) in [6, 6.07) is 21.2. The fraction of sp³-hybridized carbons (Fsp3) is 0.0833. The maximum Gasteiger partial charge on any atom is 0.319 e. The number of thiocarbonyl (C=S) groups is 1. The maximum absolute atomic E-state index is 13.5. The summed E-state index contributed by atoms with van der Waals surface area (Å²) >= 11 is 9.35. The van der Waals surface area contributed by atoms with Gasteiger partial charge in [-0.1, -0.05) is 42.5 Å². The summed E-state index contributed by atoms with van der Waals surface area (Å²) < 4.78 is 59.2. The number of phenols is 2. The highest BCUT2D eigenvalue weighted by molar-refractivity contribution is 9.10. The summed E-state index contributed by atoms with van der Waals surface area (Å²) in [5.41, 5.74) is 7.87. The topological polar surface area (TPSA) is 277 Å². The number of carbonyl (C=O) groups is 3. The first kappa shape index (κ1) is 44.1. The van der Waals surface area contributed by atoms with Gasteiger partial charge < -0.3 is 31.5 Å². The largest absolute Gasteiger partial charge is 0.504 e. The van der Waals surface area contributed by atoms with Gasteiger partial charge in [0, 0.05) is 29.1 Å². The number of hydrogen-bond acceptors (Lipinski definition) is 13. The van der Waals surface area contributed by atoms with E-state index in [2.05, 4.69) is 58.6 Å². The van der Waals surface area contributed by atoms with Crippen LogP contribution in [0.25, 0.3) is 10.8 Å². The van der Waals surface area contributed by atoms with E-state index in [1.54, 1.807) is 18.2 Å². The zero-order valence-electron chi connectivity index (χ0n) is 30.2. The van der Waals surface area contributed by atoms with Crippen molar-refractivity contribution >= 4 is 118 Å². The third-order valence-electron chi connectivity index (χ3n) is 7.96. The van der Waals surface area contributed by atoms with Crippen LogP contribution in [0, 0.1) is 0 Å². The van der Waals surface area contributed by atoms with Crippen LogP contribution in [0.5, 0.6) is 11.5 Å². The average Bonchev–Trinajstić information content (AvgIpc) is 3.19. The van der Waals surface area contributed by atoms with E-state index in [4.69, 9.17) is 12.2 Å². The number of thiol groups is 1. The highest BCUT2D eigenvalue weighted by Crippen LogP contribution is 2.35. The number of nitrogens with one attached hydrogen (secondary N) is 7. The molecule has 0 aliphatic rings. The lowest BCUT2D eigenvalue weighted by Crippen LogP contribution is -2.54. The Balaban J connectivity index is 1.28. The molecule has 0 heterocycles. The molecule has 0 fully saturated rings. The van der Waals surface area contributed by atoms with Crippen molar-refractivity contribution in [1.82, 2.24) is 21.6 Å². The van der Waals surface area contributed by atoms with E-state index in [1.165, 1.54) is 61.8 Å². The van der Waals surface area contributed by atoms with Crippen molar-refractivity contribution in [1.29, 1.82) is 0 Å². The van der Waals surface area contributed by atoms with Gasteiger partial charge in [-0.15, -0.1) is 11.8 Å². The zero-order valence-corrected chi connectivity index (χ0v) is 35.1. The number of aromatic hydroxyl groups is 2. The molecular weight excluding hydrogens is 913 g/mol. The second-order valence-electron chi connectivity index (χ2n) is 12.0. The minimum Gasteiger partial charge on any atom is -0.504 e. The Hall–Kier alpha value is -5.98. The second kappa shape index (κ2) is 19.6. The Morgan fingerprint density at radius 1 is 0.898 bits per heavy atom. The smallest absolute Gasteiger partial charge is 0.319 e. The van der Waals surface area contributed by atoms with Crippen LogP contribution in [0.4, 0.5) is 21.9 Å². The number of rotatable bonds is 13. The molecule has 0 spiro atoms. The number of halogens is 1. The predicted octanol–water partition coefficient (Wildman–Crippen LogP) is 4.22. The number of thioether (sulfide) groups is 1. The van der Waals surface area contributed by atoms with Gasteiger partial charge in [0.1, 0.15) is 4.90 Å². The van der Waals surface area contributed by atoms with Crippen LogP contribution in [0.15, 0.2) is 115 Å². The second-order valence-corrected chi connectivity index (χ2v) is 16.6. The predicted molar refractivity (Wildman–Crippen MR) is 231 cm³/mol. The molecule has 308 valence electrons. The van der Waals surface area contributed by atoms with E-state index in [-0.39, 0.29) is 47.8 Å². The molecule has 23 heteroatoms. The van der Waals surface area contributed by atoms with E-state index in [1.807, 2.05) is 24.3 Å². The van der Waals surface area contributed by atoms with Gasteiger partial charge in [0.05, 0.1) is 21.3 Å². The minimum absolute atomic E-state index is 0.0848. The molecule has 18 nitrogen and oxygen atoms in total. The molecule has 5 aromatic rings. The van der Waals surface area contributed by atoms with E-state index in [0.29, 0.717) is 11.3 Å². The Morgan fingerprint density at radius 3 is 2.32 bits per heavy atom. The molecule has 1 unspecified atom stereocenters. The Bertz CT molecular complexity index is 2650. The van der Waals surface area contributed by atoms with Crippen molar-refractivity contribution in [2.24, 2.45) is 5.10 Å². The number of nitrogens with zero attached hydrogens (tertiary/aromatic N) is 1. The average molecular weight is 946 g/mol. The van der Waals surface area contributed by atoms with Gasteiger partial charge >= 0.3 is 6.03 Å². The lowest BCUT2D eigenvalue weighted by atomic mass is 10.1. The van der Waals surface area contributed by atoms with Gasteiger partial charge in [-0.2, -0.15) is 13.5 Å². The lowest BCUT2D eigenvalue weighted by molar-refractivity contribution is -0.130. The number of hydrogen-bond donors (Lipinski definition) is 11. The van der Waals surface area contributed by atoms with E-state index in [9.17, 15) is 46.0 Å². The molecule has 4 amide bonds. The van der Waals surface area contributed by atoms with Crippen LogP contribution < -0.4 is 37.5 Å². The Kier molecular flexibility index (Phi) is 14.7. The van der Waals surface area contributed by atoms with Crippen molar-refractivity contribution in [3.8, 4) is 11.5 Å². The number of phenolic OH excluding ortho intramolecular Hbond substituents is 2. The van der Waals surface area contributed by atoms with E-state index < -0.39 is 55.4 Å². The highest BCUT2D eigenvalue weighted by Gasteiger charge is 2.27. The summed E-state index contributed by atoms with van der Waals surface area (Å²) in [6.45, 7) is 0. The van der Waals surface area contributed by atoms with Gasteiger partial charge in [0.2, 0.25) is 0 Å². The number of fused-ring (bicyclic) bond motifs is 1. The third-order valence-corrected chi connectivity index (χ3v) is 11.8. The first-order chi connectivity index (χ1) is 28.0. The molecule has 5 aromatic carbocycles. The van der Waals surface area contributed by atoms with Crippen LogP contribution in [-0.2, 0) is 36.2 Å². The standard InChI is InChI=1S/C36H33BrN8O10S4/c1-38-35(50)42-26-8-4-7-22(32(26)59(53,54)55)18-57-28-12-11-24(16-29(28)58(51)52)41-36(56)45-44-34(49)30(40-23-10-9-20-5-2-3-6-21(20)15-23)33(48)43-39-17-19-13-25(37)31(47)27(46)14-19/h2-17,30,40,46-47,58H,18H2,1H3,(H,43,48)(H,44,49)(H2,38,42,50)(H2,41,45,56)(H,53,54,55)/b39-17+. The number of hydrazine groups is 1. The van der Waals surface area contributed by atoms with E-state index >= 15 is 0 Å². The van der Waals surface area contributed by atoms with Crippen LogP contribution in [0.1, 0.15) is 11.1 Å². The van der Waals surface area contributed by atoms with Gasteiger partial charge in [-0.05, 0) is 98.6 Å². The number of urea groups is 1. The lowest BCUT2D eigenvalue weighted by Gasteiger charge is -2.19. The summed E-state index contributed by atoms with van der Waals surface area (Å²) in [5, 5.41) is 35.3. The maximum atomic E-state index is 13.5. The van der Waals surface area contributed by atoms with Gasteiger partial charge in [-0.3, -0.25) is 25.0 Å². The number of carbonyl (C=O) groups excluding carboxylic acids is 3. The monoisotopic (exact) mass is 944 g/mol. The Labute approximate surface area is 356 Å². The number of benzene rings is 5. The quantitative estimate of drug-likeness (QED) is 0.0115. The molecule has 0 aliphatic heterocycles. The number of hydrazone groups is 1. The molecule has 0 saturated heterocycles. The molecule has 0 radical (unpaired) electrons. The zero-order chi connectivity index (χ0) is 42.9. The van der Waals surface area contributed by atoms with Gasteiger partial charge in [0.15, 0.2) is 33.4 Å². The molecule has 0 bridgehead atoms. The molecule has 0 aliphatic carbocycles. The highest BCUT2D eigenvalue weighted by atomic mass is 79.9. The van der Waals surface area contributed by atoms with Crippen molar-refractivity contribution in [3.05, 3.63) is 107 Å². The normalized spacial score (nSPS) is 11.8. The van der Waals surface area contributed by atoms with Crippen LogP contribution >= 0.6 is 39.9 Å². The van der Waals surface area contributed by atoms with Crippen molar-refractivity contribution in [2.45, 2.75) is 26.5 Å². The van der Waals surface area contributed by atoms with Crippen LogP contribution in [0.2, 0.25) is 0 Å². The van der Waals surface area contributed by atoms with Gasteiger partial charge in [0.25, 0.3) is 21.9 Å². The molecule has 0 aromatic heterocycles. The summed E-state index contributed by atoms with van der Waals surface area (Å²) in [6.07, 6.45) is 1.18. The SMILES string of the molecule is CNC(=O)Nc1cccc(CSc2ccc(NC(=S)NNC(=O)C(Nc3ccc4ccccc4c3)C(=O)N/N=C/c3cc(O)c(O)c(Br)c3)cc2[SH](=O)=O)c1S(=O)(=O)O. The van der Waals surface area contributed by atoms with Crippen LogP contribution in [-0.4, -0.2) is 73.9 Å². The molecule has 59 heavy (non-hydrogen) atoms. The molecule has 1 atom stereocenters. The Morgan fingerprint density at radius 2 is 1.63 bits per heavy atom. The van der Waals surface area contributed by atoms with E-state index in [0.717, 1.165) is 22.5 Å². The third kappa shape index (κ3) is 11.8. The molecular formula is C36H33BrN8O10S4. The summed E-state index contributed by atoms with van der Waals surface area (Å²) in [4.78, 5) is 38.2. The fourth-order valence-electron chi connectivity index (χ4n) is 5.26. The summed E-state index contributed by atoms with van der Waals surface area (Å²) in [5.74, 6) is -2.75. The first-order valence-electron chi connectivity index (χ1n) is 16.7. The number of anilines is 3. The van der Waals surface area contributed by atoms with Crippen LogP contribution in [0.3, 0.4) is 0 Å². The first-order valence-corrected chi connectivity index (χ1v) is 21.5. The summed E-state index contributed by atoms with van der Waals surface area (Å²) in [7, 11) is -6.70. The molecule has 10 N–H and O–H groups in total. The van der Waals surface area contributed by atoms with Crippen molar-refractivity contribution in [2.75, 3.05) is 23.0 Å². The molecule has 0 saturated carbocycles. The van der Waals surface area contributed by atoms with Crippen molar-refractivity contribution < 1.29 is 46.0 Å². The number of amides is 4. The van der Waals surface area contributed by atoms with Gasteiger partial charge in [-0.25, -0.2) is 18.6 Å². The minimum atomic E-state index is -4.82. The fourth-order valence-corrected chi connectivity index (χ4v) is 8.70.